The van der Waals surface area contributed by atoms with Crippen molar-refractivity contribution in [2.75, 3.05) is 13.1 Å². The number of rotatable bonds is 4. The highest BCUT2D eigenvalue weighted by Gasteiger charge is 2.24. The van der Waals surface area contributed by atoms with Crippen molar-refractivity contribution in [2.24, 2.45) is 5.92 Å². The lowest BCUT2D eigenvalue weighted by molar-refractivity contribution is -0.131. The monoisotopic (exact) mass is 363 g/mol. The molecule has 1 amide bonds. The van der Waals surface area contributed by atoms with Crippen LogP contribution in [0, 0.1) is 19.8 Å². The molecule has 1 aliphatic heterocycles. The largest absolute Gasteiger partial charge is 0.342 e. The predicted octanol–water partition coefficient (Wildman–Crippen LogP) is 2.76. The molecule has 0 atom stereocenters. The van der Waals surface area contributed by atoms with Gasteiger partial charge in [0.2, 0.25) is 5.91 Å². The number of nitrogens with zero attached hydrogens (tertiary/aromatic N) is 5. The van der Waals surface area contributed by atoms with Crippen molar-refractivity contribution in [1.29, 1.82) is 0 Å². The summed E-state index contributed by atoms with van der Waals surface area (Å²) in [5.74, 6) is 1.43. The third-order valence-electron chi connectivity index (χ3n) is 5.65. The van der Waals surface area contributed by atoms with Gasteiger partial charge in [-0.15, -0.1) is 0 Å². The Hall–Kier alpha value is -2.76. The van der Waals surface area contributed by atoms with Crippen molar-refractivity contribution < 1.29 is 4.79 Å². The van der Waals surface area contributed by atoms with Gasteiger partial charge < -0.3 is 4.90 Å². The molecule has 4 rings (SSSR count). The molecule has 0 bridgehead atoms. The molecule has 1 aliphatic rings. The summed E-state index contributed by atoms with van der Waals surface area (Å²) < 4.78 is 1.71. The zero-order chi connectivity index (χ0) is 18.8. The normalized spacial score (nSPS) is 15.4. The first kappa shape index (κ1) is 17.6. The molecule has 0 unspecified atom stereocenters. The van der Waals surface area contributed by atoms with E-state index in [9.17, 15) is 4.79 Å². The van der Waals surface area contributed by atoms with E-state index in [2.05, 4.69) is 45.4 Å². The number of amides is 1. The quantitative estimate of drug-likeness (QED) is 0.715. The van der Waals surface area contributed by atoms with Gasteiger partial charge in [-0.3, -0.25) is 4.79 Å². The van der Waals surface area contributed by atoms with Crippen molar-refractivity contribution in [3.63, 3.8) is 0 Å². The highest BCUT2D eigenvalue weighted by molar-refractivity contribution is 5.79. The Labute approximate surface area is 159 Å². The lowest BCUT2D eigenvalue weighted by Crippen LogP contribution is -2.40. The van der Waals surface area contributed by atoms with Crippen molar-refractivity contribution in [3.05, 3.63) is 59.2 Å². The fourth-order valence-corrected chi connectivity index (χ4v) is 4.01. The molecular weight excluding hydrogens is 338 g/mol. The van der Waals surface area contributed by atoms with E-state index in [0.717, 1.165) is 49.3 Å². The topological polar surface area (TPSA) is 63.4 Å². The molecular formula is C21H25N5O. The number of benzene rings is 1. The number of aromatic nitrogens is 4. The van der Waals surface area contributed by atoms with Gasteiger partial charge in [0.25, 0.3) is 5.78 Å². The smallest absolute Gasteiger partial charge is 0.252 e. The average molecular weight is 363 g/mol. The summed E-state index contributed by atoms with van der Waals surface area (Å²) in [4.78, 5) is 23.5. The number of likely N-dealkylation sites (tertiary alicyclic amines) is 1. The van der Waals surface area contributed by atoms with Gasteiger partial charge >= 0.3 is 0 Å². The van der Waals surface area contributed by atoms with Crippen molar-refractivity contribution >= 4 is 11.7 Å². The molecule has 0 aliphatic carbocycles. The minimum absolute atomic E-state index is 0.181. The first-order valence-electron chi connectivity index (χ1n) is 9.59. The first-order valence-corrected chi connectivity index (χ1v) is 9.59. The Morgan fingerprint density at radius 2 is 1.89 bits per heavy atom. The summed E-state index contributed by atoms with van der Waals surface area (Å²) in [5, 5.41) is 4.21. The molecule has 27 heavy (non-hydrogen) atoms. The van der Waals surface area contributed by atoms with Crippen LogP contribution in [-0.4, -0.2) is 43.5 Å². The van der Waals surface area contributed by atoms with Gasteiger partial charge in [0.1, 0.15) is 6.33 Å². The molecule has 0 N–H and O–H groups in total. The summed E-state index contributed by atoms with van der Waals surface area (Å²) in [6, 6.07) is 10.6. The van der Waals surface area contributed by atoms with Crippen LogP contribution in [0.3, 0.4) is 0 Å². The summed E-state index contributed by atoms with van der Waals surface area (Å²) in [6.07, 6.45) is 5.12. The molecule has 6 nitrogen and oxygen atoms in total. The van der Waals surface area contributed by atoms with Crippen LogP contribution in [0.4, 0.5) is 0 Å². The zero-order valence-electron chi connectivity index (χ0n) is 15.9. The van der Waals surface area contributed by atoms with E-state index in [1.54, 1.807) is 4.52 Å². The Balaban J connectivity index is 1.39. The summed E-state index contributed by atoms with van der Waals surface area (Å²) >= 11 is 0. The Bertz CT molecular complexity index is 942. The second-order valence-electron chi connectivity index (χ2n) is 7.42. The maximum Gasteiger partial charge on any atom is 0.252 e. The fourth-order valence-electron chi connectivity index (χ4n) is 4.01. The van der Waals surface area contributed by atoms with Crippen LogP contribution in [0.5, 0.6) is 0 Å². The molecule has 1 fully saturated rings. The Morgan fingerprint density at radius 3 is 2.63 bits per heavy atom. The molecule has 140 valence electrons. The summed E-state index contributed by atoms with van der Waals surface area (Å²) in [6.45, 7) is 5.60. The van der Waals surface area contributed by atoms with Crippen LogP contribution in [0.25, 0.3) is 5.78 Å². The number of piperidine rings is 1. The number of hydrogen-bond acceptors (Lipinski definition) is 4. The second kappa shape index (κ2) is 7.47. The van der Waals surface area contributed by atoms with E-state index < -0.39 is 0 Å². The van der Waals surface area contributed by atoms with Crippen LogP contribution in [0.15, 0.2) is 36.7 Å². The minimum atomic E-state index is 0.181. The van der Waals surface area contributed by atoms with E-state index >= 15 is 0 Å². The van der Waals surface area contributed by atoms with Gasteiger partial charge in [-0.05, 0) is 44.6 Å². The van der Waals surface area contributed by atoms with Gasteiger partial charge in [-0.25, -0.2) is 9.50 Å². The van der Waals surface area contributed by atoms with Crippen LogP contribution in [-0.2, 0) is 17.6 Å². The zero-order valence-corrected chi connectivity index (χ0v) is 15.9. The molecule has 6 heteroatoms. The third kappa shape index (κ3) is 3.70. The molecule has 3 heterocycles. The lowest BCUT2D eigenvalue weighted by atomic mass is 9.90. The van der Waals surface area contributed by atoms with Gasteiger partial charge in [-0.1, -0.05) is 30.3 Å². The SMILES string of the molecule is Cc1nc2ncnn2c(C)c1CC(=O)N1CCC(Cc2ccccc2)CC1. The standard InChI is InChI=1S/C21H25N5O/c1-15-19(16(2)26-21(24-15)22-14-23-26)13-20(27)25-10-8-18(9-11-25)12-17-6-4-3-5-7-17/h3-7,14,18H,8-13H2,1-2H3. The molecule has 0 spiro atoms. The van der Waals surface area contributed by atoms with Crippen LogP contribution >= 0.6 is 0 Å². The van der Waals surface area contributed by atoms with Gasteiger partial charge in [0.05, 0.1) is 6.42 Å². The van der Waals surface area contributed by atoms with Crippen LogP contribution in [0.2, 0.25) is 0 Å². The molecule has 3 aromatic rings. The second-order valence-corrected chi connectivity index (χ2v) is 7.42. The highest BCUT2D eigenvalue weighted by Crippen LogP contribution is 2.23. The molecule has 0 saturated carbocycles. The third-order valence-corrected chi connectivity index (χ3v) is 5.65. The number of aryl methyl sites for hydroxylation is 2. The van der Waals surface area contributed by atoms with Crippen molar-refractivity contribution in [2.45, 2.75) is 39.5 Å². The molecule has 0 radical (unpaired) electrons. The lowest BCUT2D eigenvalue weighted by Gasteiger charge is -2.32. The van der Waals surface area contributed by atoms with E-state index in [4.69, 9.17) is 0 Å². The van der Waals surface area contributed by atoms with Crippen molar-refractivity contribution in [3.8, 4) is 0 Å². The Morgan fingerprint density at radius 1 is 1.15 bits per heavy atom. The molecule has 2 aromatic heterocycles. The van der Waals surface area contributed by atoms with Gasteiger partial charge in [0, 0.05) is 30.0 Å². The summed E-state index contributed by atoms with van der Waals surface area (Å²) in [5.41, 5.74) is 4.16. The van der Waals surface area contributed by atoms with Crippen LogP contribution in [0.1, 0.15) is 35.4 Å². The maximum absolute atomic E-state index is 12.9. The van der Waals surface area contributed by atoms with E-state index in [-0.39, 0.29) is 5.91 Å². The number of hydrogen-bond donors (Lipinski definition) is 0. The van der Waals surface area contributed by atoms with Gasteiger partial charge in [-0.2, -0.15) is 10.1 Å². The fraction of sp³-hybridized carbons (Fsp3) is 0.429. The predicted molar refractivity (Wildman–Crippen MR) is 103 cm³/mol. The molecule has 1 aromatic carbocycles. The number of carbonyl (C=O) groups is 1. The van der Waals surface area contributed by atoms with E-state index in [1.165, 1.54) is 11.9 Å². The Kier molecular flexibility index (Phi) is 4.88. The van der Waals surface area contributed by atoms with Crippen molar-refractivity contribution in [1.82, 2.24) is 24.5 Å². The van der Waals surface area contributed by atoms with E-state index in [1.807, 2.05) is 18.7 Å². The highest BCUT2D eigenvalue weighted by atomic mass is 16.2. The number of carbonyl (C=O) groups excluding carboxylic acids is 1. The first-order chi connectivity index (χ1) is 13.1. The average Bonchev–Trinajstić information content (AvgIpc) is 3.15. The summed E-state index contributed by atoms with van der Waals surface area (Å²) in [7, 11) is 0. The molecule has 1 saturated heterocycles. The number of fused-ring (bicyclic) bond motifs is 1. The van der Waals surface area contributed by atoms with Crippen LogP contribution < -0.4 is 0 Å². The van der Waals surface area contributed by atoms with E-state index in [0.29, 0.717) is 18.1 Å². The minimum Gasteiger partial charge on any atom is -0.342 e. The van der Waals surface area contributed by atoms with Gasteiger partial charge in [0.15, 0.2) is 0 Å². The maximum atomic E-state index is 12.9.